The van der Waals surface area contributed by atoms with E-state index < -0.39 is 0 Å². The van der Waals surface area contributed by atoms with Crippen molar-refractivity contribution in [3.05, 3.63) is 170 Å². The summed E-state index contributed by atoms with van der Waals surface area (Å²) in [5, 5.41) is 11.1. The number of nitrogens with zero attached hydrogens (tertiary/aromatic N) is 2. The van der Waals surface area contributed by atoms with Crippen LogP contribution in [0.5, 0.6) is 0 Å². The Hall–Kier alpha value is -6.25. The molecule has 10 aromatic rings. The van der Waals surface area contributed by atoms with Crippen molar-refractivity contribution in [2.24, 2.45) is 0 Å². The van der Waals surface area contributed by atoms with Gasteiger partial charge in [-0.25, -0.2) is 4.98 Å². The van der Waals surface area contributed by atoms with E-state index in [2.05, 4.69) is 174 Å². The average Bonchev–Trinajstić information content (AvgIpc) is 3.49. The van der Waals surface area contributed by atoms with Gasteiger partial charge in [-0.3, -0.25) is 0 Å². The lowest BCUT2D eigenvalue weighted by Gasteiger charge is -2.15. The first-order chi connectivity index (χ1) is 23.3. The van der Waals surface area contributed by atoms with Crippen LogP contribution in [-0.4, -0.2) is 9.55 Å². The molecule has 0 radical (unpaired) electrons. The Kier molecular flexibility index (Phi) is 5.61. The van der Waals surface area contributed by atoms with Gasteiger partial charge in [0.25, 0.3) is 0 Å². The Labute approximate surface area is 271 Å². The minimum atomic E-state index is 1.00. The first-order valence-corrected chi connectivity index (χ1v) is 16.1. The van der Waals surface area contributed by atoms with E-state index in [0.717, 1.165) is 33.2 Å². The van der Waals surface area contributed by atoms with Crippen LogP contribution in [0.4, 0.5) is 0 Å². The number of aromatic nitrogens is 2. The van der Waals surface area contributed by atoms with Crippen LogP contribution in [0.25, 0.3) is 93.1 Å². The summed E-state index contributed by atoms with van der Waals surface area (Å²) in [5.74, 6) is 0. The van der Waals surface area contributed by atoms with Gasteiger partial charge in [-0.05, 0) is 63.0 Å². The highest BCUT2D eigenvalue weighted by Crippen LogP contribution is 2.42. The summed E-state index contributed by atoms with van der Waals surface area (Å²) in [4.78, 5) is 5.22. The molecule has 0 bridgehead atoms. The first kappa shape index (κ1) is 26.0. The quantitative estimate of drug-likeness (QED) is 0.186. The van der Waals surface area contributed by atoms with Gasteiger partial charge in [0, 0.05) is 38.2 Å². The molecule has 0 aliphatic rings. The Morgan fingerprint density at radius 2 is 1.04 bits per heavy atom. The fraction of sp³-hybridized carbons (Fsp3) is 0. The summed E-state index contributed by atoms with van der Waals surface area (Å²) >= 11 is 0. The zero-order valence-electron chi connectivity index (χ0n) is 25.6. The van der Waals surface area contributed by atoms with Gasteiger partial charge >= 0.3 is 0 Å². The van der Waals surface area contributed by atoms with Crippen LogP contribution < -0.4 is 0 Å². The van der Waals surface area contributed by atoms with Gasteiger partial charge in [0.15, 0.2) is 0 Å². The van der Waals surface area contributed by atoms with Crippen molar-refractivity contribution in [3.8, 4) is 28.1 Å². The molecular formula is C45H28N2. The van der Waals surface area contributed by atoms with E-state index in [9.17, 15) is 0 Å². The van der Waals surface area contributed by atoms with Crippen LogP contribution in [0.1, 0.15) is 0 Å². The maximum atomic E-state index is 5.22. The molecule has 0 N–H and O–H groups in total. The van der Waals surface area contributed by atoms with Gasteiger partial charge in [-0.2, -0.15) is 0 Å². The Morgan fingerprint density at radius 1 is 0.404 bits per heavy atom. The van der Waals surface area contributed by atoms with E-state index in [4.69, 9.17) is 4.98 Å². The molecule has 0 atom stereocenters. The van der Waals surface area contributed by atoms with Crippen LogP contribution >= 0.6 is 0 Å². The van der Waals surface area contributed by atoms with E-state index in [1.165, 1.54) is 59.9 Å². The van der Waals surface area contributed by atoms with E-state index in [1.54, 1.807) is 0 Å². The first-order valence-electron chi connectivity index (χ1n) is 16.1. The lowest BCUT2D eigenvalue weighted by atomic mass is 9.93. The van der Waals surface area contributed by atoms with Crippen LogP contribution in [0.3, 0.4) is 0 Å². The fourth-order valence-corrected chi connectivity index (χ4v) is 7.66. The Bertz CT molecular complexity index is 2830. The van der Waals surface area contributed by atoms with Crippen LogP contribution in [0.2, 0.25) is 0 Å². The average molecular weight is 597 g/mol. The molecule has 0 amide bonds. The lowest BCUT2D eigenvalue weighted by molar-refractivity contribution is 1.19. The minimum absolute atomic E-state index is 1.00. The highest BCUT2D eigenvalue weighted by molar-refractivity contribution is 6.27. The summed E-state index contributed by atoms with van der Waals surface area (Å²) in [7, 11) is 0. The lowest BCUT2D eigenvalue weighted by Crippen LogP contribution is -1.96. The van der Waals surface area contributed by atoms with Crippen molar-refractivity contribution in [3.63, 3.8) is 0 Å². The van der Waals surface area contributed by atoms with Crippen molar-refractivity contribution < 1.29 is 0 Å². The summed E-state index contributed by atoms with van der Waals surface area (Å²) in [6.45, 7) is 0. The molecule has 0 spiro atoms. The van der Waals surface area contributed by atoms with Crippen molar-refractivity contribution in [2.75, 3.05) is 0 Å². The van der Waals surface area contributed by atoms with Crippen molar-refractivity contribution in [1.82, 2.24) is 9.55 Å². The second-order valence-electron chi connectivity index (χ2n) is 12.3. The highest BCUT2D eigenvalue weighted by atomic mass is 15.0. The molecule has 2 heterocycles. The zero-order chi connectivity index (χ0) is 30.9. The monoisotopic (exact) mass is 596 g/mol. The van der Waals surface area contributed by atoms with Gasteiger partial charge in [0.2, 0.25) is 0 Å². The predicted octanol–water partition coefficient (Wildman–Crippen LogP) is 12.1. The maximum absolute atomic E-state index is 5.22. The molecular weight excluding hydrogens is 569 g/mol. The summed E-state index contributed by atoms with van der Waals surface area (Å²) in [5.41, 5.74) is 9.14. The molecule has 10 rings (SSSR count). The van der Waals surface area contributed by atoms with Crippen molar-refractivity contribution in [1.29, 1.82) is 0 Å². The third kappa shape index (κ3) is 3.89. The number of pyridine rings is 1. The molecule has 47 heavy (non-hydrogen) atoms. The molecule has 0 saturated heterocycles. The predicted molar refractivity (Wildman–Crippen MR) is 199 cm³/mol. The minimum Gasteiger partial charge on any atom is -0.309 e. The Balaban J connectivity index is 1.27. The SMILES string of the molecule is c1ccc(-c2nc3ccccc3c3c2ccc2c4ccccc4n(-c4ccc(-c5cc6ccccc6c6ccccc56)cc4)c23)cc1. The molecule has 218 valence electrons. The second-order valence-corrected chi connectivity index (χ2v) is 12.3. The number of rotatable bonds is 3. The maximum Gasteiger partial charge on any atom is 0.0788 e. The highest BCUT2D eigenvalue weighted by Gasteiger charge is 2.19. The van der Waals surface area contributed by atoms with Crippen LogP contribution in [0, 0.1) is 0 Å². The molecule has 2 nitrogen and oxygen atoms in total. The third-order valence-corrected chi connectivity index (χ3v) is 9.75. The van der Waals surface area contributed by atoms with Crippen LogP contribution in [0.15, 0.2) is 170 Å². The van der Waals surface area contributed by atoms with Gasteiger partial charge in [-0.15, -0.1) is 0 Å². The summed E-state index contributed by atoms with van der Waals surface area (Å²) in [6, 6.07) is 61.4. The second kappa shape index (κ2) is 10.1. The van der Waals surface area contributed by atoms with Crippen LogP contribution in [-0.2, 0) is 0 Å². The van der Waals surface area contributed by atoms with E-state index >= 15 is 0 Å². The van der Waals surface area contributed by atoms with Crippen molar-refractivity contribution in [2.45, 2.75) is 0 Å². The number of fused-ring (bicyclic) bond motifs is 10. The molecule has 0 unspecified atom stereocenters. The molecule has 0 aliphatic heterocycles. The van der Waals surface area contributed by atoms with Gasteiger partial charge in [-0.1, -0.05) is 140 Å². The van der Waals surface area contributed by atoms with E-state index in [-0.39, 0.29) is 0 Å². The topological polar surface area (TPSA) is 17.8 Å². The molecule has 0 fully saturated rings. The van der Waals surface area contributed by atoms with Gasteiger partial charge < -0.3 is 4.57 Å². The van der Waals surface area contributed by atoms with E-state index in [1.807, 2.05) is 0 Å². The number of para-hydroxylation sites is 2. The third-order valence-electron chi connectivity index (χ3n) is 9.75. The Morgan fingerprint density at radius 3 is 1.87 bits per heavy atom. The number of hydrogen-bond acceptors (Lipinski definition) is 1. The molecule has 0 saturated carbocycles. The van der Waals surface area contributed by atoms with Gasteiger partial charge in [0.1, 0.15) is 0 Å². The molecule has 2 heteroatoms. The summed E-state index contributed by atoms with van der Waals surface area (Å²) in [6.07, 6.45) is 0. The zero-order valence-corrected chi connectivity index (χ0v) is 25.6. The molecule has 8 aromatic carbocycles. The van der Waals surface area contributed by atoms with E-state index in [0.29, 0.717) is 0 Å². The van der Waals surface area contributed by atoms with Crippen molar-refractivity contribution >= 4 is 65.0 Å². The molecule has 2 aromatic heterocycles. The number of benzene rings is 8. The number of hydrogen-bond donors (Lipinski definition) is 0. The largest absolute Gasteiger partial charge is 0.309 e. The standard InChI is InChI=1S/C45H28N2/c1-2-12-30(13-3-1)44-39-27-26-37-36-18-9-11-21-42(36)47(45(37)43(39)38-19-8-10-20-41(38)46-44)32-24-22-29(23-25-32)40-28-31-14-4-5-15-33(31)34-16-6-7-17-35(34)40/h1-28H. The molecule has 0 aliphatic carbocycles. The normalized spacial score (nSPS) is 11.8. The van der Waals surface area contributed by atoms with Gasteiger partial charge in [0.05, 0.1) is 22.2 Å². The smallest absolute Gasteiger partial charge is 0.0788 e. The summed E-state index contributed by atoms with van der Waals surface area (Å²) < 4.78 is 2.45. The fourth-order valence-electron chi connectivity index (χ4n) is 7.66.